The molecule has 0 aliphatic carbocycles. The van der Waals surface area contributed by atoms with Gasteiger partial charge in [0.1, 0.15) is 0 Å². The first-order chi connectivity index (χ1) is 5.95. The van der Waals surface area contributed by atoms with Crippen molar-refractivity contribution in [3.63, 3.8) is 0 Å². The average Bonchev–Trinajstić information content (AvgIpc) is 2.03. The van der Waals surface area contributed by atoms with E-state index in [2.05, 4.69) is 15.9 Å². The Labute approximate surface area is 90.5 Å². The highest BCUT2D eigenvalue weighted by Gasteiger charge is 2.14. The van der Waals surface area contributed by atoms with Crippen molar-refractivity contribution in [3.8, 4) is 0 Å². The van der Waals surface area contributed by atoms with Gasteiger partial charge in [0, 0.05) is 15.2 Å². The zero-order chi connectivity index (χ0) is 10.1. The van der Waals surface area contributed by atoms with E-state index in [9.17, 15) is 8.42 Å². The van der Waals surface area contributed by atoms with Crippen LogP contribution in [0.1, 0.15) is 12.5 Å². The maximum absolute atomic E-state index is 11.1. The maximum atomic E-state index is 11.1. The molecule has 0 aliphatic heterocycles. The van der Waals surface area contributed by atoms with Gasteiger partial charge >= 0.3 is 0 Å². The smallest absolute Gasteiger partial charge is 0.207 e. The molecule has 1 aromatic rings. The minimum atomic E-state index is -3.64. The fourth-order valence-electron chi connectivity index (χ4n) is 0.955. The summed E-state index contributed by atoms with van der Waals surface area (Å²) in [6, 6.07) is 5.12. The van der Waals surface area contributed by atoms with Crippen LogP contribution >= 0.6 is 26.6 Å². The minimum absolute atomic E-state index is 0.133. The van der Waals surface area contributed by atoms with Gasteiger partial charge in [-0.25, -0.2) is 8.42 Å². The van der Waals surface area contributed by atoms with Crippen molar-refractivity contribution in [2.24, 2.45) is 0 Å². The van der Waals surface area contributed by atoms with E-state index in [1.165, 1.54) is 0 Å². The Morgan fingerprint density at radius 2 is 2.08 bits per heavy atom. The molecular weight excluding hydrogens is 276 g/mol. The molecule has 0 N–H and O–H groups in total. The van der Waals surface area contributed by atoms with Crippen LogP contribution in [0.4, 0.5) is 0 Å². The summed E-state index contributed by atoms with van der Waals surface area (Å²) in [5.74, 6) is 0. The zero-order valence-corrected chi connectivity index (χ0v) is 10.1. The van der Waals surface area contributed by atoms with Gasteiger partial charge in [0.15, 0.2) is 0 Å². The SMILES string of the molecule is CCc1ccc(Br)c(S(=O)(=O)Cl)c1. The Morgan fingerprint density at radius 3 is 2.54 bits per heavy atom. The molecule has 0 heterocycles. The predicted molar refractivity (Wildman–Crippen MR) is 56.6 cm³/mol. The van der Waals surface area contributed by atoms with E-state index in [0.29, 0.717) is 4.47 Å². The Bertz CT molecular complexity index is 414. The van der Waals surface area contributed by atoms with Crippen LogP contribution in [0.3, 0.4) is 0 Å². The van der Waals surface area contributed by atoms with Crippen LogP contribution in [0.15, 0.2) is 27.6 Å². The van der Waals surface area contributed by atoms with Crippen molar-refractivity contribution in [2.45, 2.75) is 18.2 Å². The molecule has 1 aromatic carbocycles. The maximum Gasteiger partial charge on any atom is 0.262 e. The number of hydrogen-bond donors (Lipinski definition) is 0. The molecule has 0 fully saturated rings. The first-order valence-corrected chi connectivity index (χ1v) is 6.78. The van der Waals surface area contributed by atoms with Gasteiger partial charge in [-0.05, 0) is 40.0 Å². The van der Waals surface area contributed by atoms with E-state index < -0.39 is 9.05 Å². The minimum Gasteiger partial charge on any atom is -0.207 e. The van der Waals surface area contributed by atoms with E-state index in [0.717, 1.165) is 12.0 Å². The summed E-state index contributed by atoms with van der Waals surface area (Å²) >= 11 is 3.13. The molecule has 0 radical (unpaired) electrons. The van der Waals surface area contributed by atoms with Crippen LogP contribution in [0.25, 0.3) is 0 Å². The van der Waals surface area contributed by atoms with Gasteiger partial charge in [0.2, 0.25) is 0 Å². The third-order valence-corrected chi connectivity index (χ3v) is 3.98. The summed E-state index contributed by atoms with van der Waals surface area (Å²) < 4.78 is 22.6. The van der Waals surface area contributed by atoms with Crippen LogP contribution in [0.5, 0.6) is 0 Å². The fourth-order valence-corrected chi connectivity index (χ4v) is 3.10. The van der Waals surface area contributed by atoms with E-state index in [-0.39, 0.29) is 4.90 Å². The Kier molecular flexibility index (Phi) is 3.38. The van der Waals surface area contributed by atoms with E-state index in [1.807, 2.05) is 13.0 Å². The highest BCUT2D eigenvalue weighted by atomic mass is 79.9. The van der Waals surface area contributed by atoms with E-state index in [4.69, 9.17) is 10.7 Å². The number of halogens is 2. The van der Waals surface area contributed by atoms with Gasteiger partial charge in [0.05, 0.1) is 4.90 Å². The summed E-state index contributed by atoms with van der Waals surface area (Å²) in [6.45, 7) is 1.95. The summed E-state index contributed by atoms with van der Waals surface area (Å²) in [4.78, 5) is 0.133. The monoisotopic (exact) mass is 282 g/mol. The van der Waals surface area contributed by atoms with Crippen LogP contribution in [-0.4, -0.2) is 8.42 Å². The first-order valence-electron chi connectivity index (χ1n) is 3.68. The molecular formula is C8H8BrClO2S. The lowest BCUT2D eigenvalue weighted by Crippen LogP contribution is -1.93. The molecule has 72 valence electrons. The molecule has 0 aliphatic rings. The summed E-state index contributed by atoms with van der Waals surface area (Å²) in [5, 5.41) is 0. The quantitative estimate of drug-likeness (QED) is 0.782. The summed E-state index contributed by atoms with van der Waals surface area (Å²) in [6.07, 6.45) is 0.784. The summed E-state index contributed by atoms with van der Waals surface area (Å²) in [5.41, 5.74) is 0.947. The van der Waals surface area contributed by atoms with Gasteiger partial charge in [-0.3, -0.25) is 0 Å². The Balaban J connectivity index is 3.36. The molecule has 0 aromatic heterocycles. The van der Waals surface area contributed by atoms with Crippen molar-refractivity contribution >= 4 is 35.7 Å². The number of rotatable bonds is 2. The summed E-state index contributed by atoms with van der Waals surface area (Å²) in [7, 11) is 1.59. The number of aryl methyl sites for hydroxylation is 1. The molecule has 0 saturated carbocycles. The van der Waals surface area contributed by atoms with Crippen molar-refractivity contribution in [2.75, 3.05) is 0 Å². The molecule has 0 unspecified atom stereocenters. The van der Waals surface area contributed by atoms with Crippen molar-refractivity contribution < 1.29 is 8.42 Å². The van der Waals surface area contributed by atoms with Crippen molar-refractivity contribution in [3.05, 3.63) is 28.2 Å². The topological polar surface area (TPSA) is 34.1 Å². The highest BCUT2D eigenvalue weighted by molar-refractivity contribution is 9.10. The third-order valence-electron chi connectivity index (χ3n) is 1.67. The van der Waals surface area contributed by atoms with E-state index in [1.54, 1.807) is 12.1 Å². The molecule has 1 rings (SSSR count). The van der Waals surface area contributed by atoms with Crippen molar-refractivity contribution in [1.29, 1.82) is 0 Å². The highest BCUT2D eigenvalue weighted by Crippen LogP contribution is 2.26. The zero-order valence-electron chi connectivity index (χ0n) is 6.92. The van der Waals surface area contributed by atoms with Crippen LogP contribution < -0.4 is 0 Å². The van der Waals surface area contributed by atoms with Crippen LogP contribution in [0, 0.1) is 0 Å². The van der Waals surface area contributed by atoms with Gasteiger partial charge < -0.3 is 0 Å². The second kappa shape index (κ2) is 3.98. The lowest BCUT2D eigenvalue weighted by atomic mass is 10.2. The average molecular weight is 284 g/mol. The third kappa shape index (κ3) is 2.69. The number of benzene rings is 1. The normalized spacial score (nSPS) is 11.6. The molecule has 5 heteroatoms. The molecule has 0 atom stereocenters. The van der Waals surface area contributed by atoms with Gasteiger partial charge in [0.25, 0.3) is 9.05 Å². The molecule has 0 amide bonds. The molecule has 0 bridgehead atoms. The lowest BCUT2D eigenvalue weighted by Gasteiger charge is -2.02. The molecule has 0 spiro atoms. The second-order valence-electron chi connectivity index (χ2n) is 2.56. The predicted octanol–water partition coefficient (Wildman–Crippen LogP) is 2.94. The van der Waals surface area contributed by atoms with Crippen LogP contribution in [0.2, 0.25) is 0 Å². The molecule has 0 saturated heterocycles. The number of hydrogen-bond acceptors (Lipinski definition) is 2. The van der Waals surface area contributed by atoms with Crippen LogP contribution in [-0.2, 0) is 15.5 Å². The molecule has 2 nitrogen and oxygen atoms in total. The standard InChI is InChI=1S/C8H8BrClO2S/c1-2-6-3-4-7(9)8(5-6)13(10,11)12/h3-5H,2H2,1H3. The second-order valence-corrected chi connectivity index (χ2v) is 5.94. The Hall–Kier alpha value is -0.0600. The largest absolute Gasteiger partial charge is 0.262 e. The van der Waals surface area contributed by atoms with Gasteiger partial charge in [-0.1, -0.05) is 13.0 Å². The fraction of sp³-hybridized carbons (Fsp3) is 0.250. The van der Waals surface area contributed by atoms with Crippen molar-refractivity contribution in [1.82, 2.24) is 0 Å². The van der Waals surface area contributed by atoms with Gasteiger partial charge in [-0.15, -0.1) is 0 Å². The first kappa shape index (κ1) is 11.0. The molecule has 13 heavy (non-hydrogen) atoms. The lowest BCUT2D eigenvalue weighted by molar-refractivity contribution is 0.609. The Morgan fingerprint density at radius 1 is 1.46 bits per heavy atom. The van der Waals surface area contributed by atoms with Gasteiger partial charge in [-0.2, -0.15) is 0 Å². The van der Waals surface area contributed by atoms with E-state index >= 15 is 0 Å².